The predicted octanol–water partition coefficient (Wildman–Crippen LogP) is 1.87. The van der Waals surface area contributed by atoms with Crippen LogP contribution in [0.25, 0.3) is 16.9 Å². The van der Waals surface area contributed by atoms with Gasteiger partial charge in [0.25, 0.3) is 5.56 Å². The Kier molecular flexibility index (Phi) is 2.43. The third-order valence-electron chi connectivity index (χ3n) is 2.92. The molecule has 1 aromatic carbocycles. The van der Waals surface area contributed by atoms with Crippen molar-refractivity contribution in [2.45, 2.75) is 6.92 Å². The summed E-state index contributed by atoms with van der Waals surface area (Å²) in [5.74, 6) is 0. The SMILES string of the molecule is Cc1cc(=O)n2[nH]c(-c3ccccc3)c(C#N)c2n1. The van der Waals surface area contributed by atoms with E-state index in [1.807, 2.05) is 30.3 Å². The average Bonchev–Trinajstić information content (AvgIpc) is 2.78. The number of nitriles is 1. The Morgan fingerprint density at radius 2 is 2.05 bits per heavy atom. The molecule has 5 nitrogen and oxygen atoms in total. The molecule has 0 amide bonds. The molecule has 0 unspecified atom stereocenters. The van der Waals surface area contributed by atoms with Crippen LogP contribution in [0.1, 0.15) is 11.3 Å². The second-order valence-corrected chi connectivity index (χ2v) is 4.23. The fourth-order valence-electron chi connectivity index (χ4n) is 2.07. The van der Waals surface area contributed by atoms with Crippen LogP contribution in [0.15, 0.2) is 41.2 Å². The maximum Gasteiger partial charge on any atom is 0.272 e. The highest BCUT2D eigenvalue weighted by molar-refractivity contribution is 5.74. The number of H-pyrrole nitrogens is 1. The van der Waals surface area contributed by atoms with Gasteiger partial charge in [-0.15, -0.1) is 0 Å². The Morgan fingerprint density at radius 1 is 1.32 bits per heavy atom. The molecule has 0 saturated heterocycles. The molecule has 0 saturated carbocycles. The molecule has 0 radical (unpaired) electrons. The number of rotatable bonds is 1. The molecule has 92 valence electrons. The zero-order chi connectivity index (χ0) is 13.4. The number of benzene rings is 1. The zero-order valence-electron chi connectivity index (χ0n) is 10.2. The van der Waals surface area contributed by atoms with Crippen molar-refractivity contribution >= 4 is 5.65 Å². The van der Waals surface area contributed by atoms with Gasteiger partial charge in [0.15, 0.2) is 5.65 Å². The molecule has 3 aromatic rings. The minimum atomic E-state index is -0.221. The van der Waals surface area contributed by atoms with Crippen LogP contribution in [0.3, 0.4) is 0 Å². The van der Waals surface area contributed by atoms with Crippen LogP contribution in [0.2, 0.25) is 0 Å². The second-order valence-electron chi connectivity index (χ2n) is 4.23. The van der Waals surface area contributed by atoms with Gasteiger partial charge in [-0.2, -0.15) is 9.78 Å². The molecule has 5 heteroatoms. The molecular weight excluding hydrogens is 240 g/mol. The van der Waals surface area contributed by atoms with E-state index in [-0.39, 0.29) is 5.56 Å². The second kappa shape index (κ2) is 4.10. The molecule has 0 aliphatic heterocycles. The van der Waals surface area contributed by atoms with Gasteiger partial charge in [0.1, 0.15) is 11.6 Å². The average molecular weight is 250 g/mol. The number of nitrogens with zero attached hydrogens (tertiary/aromatic N) is 3. The van der Waals surface area contributed by atoms with Crippen LogP contribution in [-0.4, -0.2) is 14.6 Å². The van der Waals surface area contributed by atoms with E-state index in [4.69, 9.17) is 0 Å². The van der Waals surface area contributed by atoms with Gasteiger partial charge >= 0.3 is 0 Å². The Labute approximate surface area is 108 Å². The van der Waals surface area contributed by atoms with Crippen LogP contribution in [0.4, 0.5) is 0 Å². The van der Waals surface area contributed by atoms with Gasteiger partial charge in [0.2, 0.25) is 0 Å². The van der Waals surface area contributed by atoms with E-state index in [0.717, 1.165) is 5.56 Å². The van der Waals surface area contributed by atoms with Crippen molar-refractivity contribution < 1.29 is 0 Å². The summed E-state index contributed by atoms with van der Waals surface area (Å²) in [6.45, 7) is 1.73. The quantitative estimate of drug-likeness (QED) is 0.716. The number of hydrogen-bond donors (Lipinski definition) is 1. The molecule has 0 atom stereocenters. The molecule has 2 heterocycles. The summed E-state index contributed by atoms with van der Waals surface area (Å²) in [6.07, 6.45) is 0. The Bertz CT molecular complexity index is 853. The van der Waals surface area contributed by atoms with Crippen molar-refractivity contribution in [1.29, 1.82) is 5.26 Å². The molecule has 0 fully saturated rings. The number of aromatic nitrogens is 3. The van der Waals surface area contributed by atoms with Crippen molar-refractivity contribution in [2.24, 2.45) is 0 Å². The molecule has 1 N–H and O–H groups in total. The van der Waals surface area contributed by atoms with Crippen LogP contribution < -0.4 is 5.56 Å². The molecular formula is C14H10N4O. The standard InChI is InChI=1S/C14H10N4O/c1-9-7-12(19)18-14(16-9)11(8-15)13(17-18)10-5-3-2-4-6-10/h2-7,17H,1H3. The summed E-state index contributed by atoms with van der Waals surface area (Å²) in [5, 5.41) is 12.3. The third kappa shape index (κ3) is 1.70. The summed E-state index contributed by atoms with van der Waals surface area (Å²) in [5.41, 5.74) is 2.58. The first-order valence-electron chi connectivity index (χ1n) is 5.78. The maximum atomic E-state index is 11.9. The van der Waals surface area contributed by atoms with Gasteiger partial charge in [-0.25, -0.2) is 4.98 Å². The molecule has 0 spiro atoms. The van der Waals surface area contributed by atoms with Crippen molar-refractivity contribution in [2.75, 3.05) is 0 Å². The van der Waals surface area contributed by atoms with E-state index in [0.29, 0.717) is 22.6 Å². The summed E-state index contributed by atoms with van der Waals surface area (Å²) in [6, 6.07) is 13.0. The number of fused-ring (bicyclic) bond motifs is 1. The highest BCUT2D eigenvalue weighted by Gasteiger charge is 2.15. The number of aryl methyl sites for hydroxylation is 1. The van der Waals surface area contributed by atoms with Gasteiger partial charge in [0.05, 0.1) is 5.69 Å². The summed E-state index contributed by atoms with van der Waals surface area (Å²) >= 11 is 0. The minimum absolute atomic E-state index is 0.221. The maximum absolute atomic E-state index is 11.9. The van der Waals surface area contributed by atoms with Crippen LogP contribution in [0.5, 0.6) is 0 Å². The van der Waals surface area contributed by atoms with Gasteiger partial charge in [-0.05, 0) is 6.92 Å². The Morgan fingerprint density at radius 3 is 2.74 bits per heavy atom. The first-order valence-corrected chi connectivity index (χ1v) is 5.78. The lowest BCUT2D eigenvalue weighted by Gasteiger charge is -1.96. The highest BCUT2D eigenvalue weighted by Crippen LogP contribution is 2.23. The van der Waals surface area contributed by atoms with Crippen LogP contribution in [0, 0.1) is 18.3 Å². The van der Waals surface area contributed by atoms with E-state index >= 15 is 0 Å². The third-order valence-corrected chi connectivity index (χ3v) is 2.92. The van der Waals surface area contributed by atoms with E-state index in [9.17, 15) is 10.1 Å². The van der Waals surface area contributed by atoms with Gasteiger partial charge in [-0.1, -0.05) is 30.3 Å². The smallest absolute Gasteiger partial charge is 0.272 e. The zero-order valence-corrected chi connectivity index (χ0v) is 10.2. The van der Waals surface area contributed by atoms with Crippen molar-refractivity contribution in [1.82, 2.24) is 14.6 Å². The molecule has 0 aliphatic carbocycles. The molecule has 2 aromatic heterocycles. The van der Waals surface area contributed by atoms with Gasteiger partial charge in [0, 0.05) is 17.3 Å². The summed E-state index contributed by atoms with van der Waals surface area (Å²) in [7, 11) is 0. The number of aromatic amines is 1. The lowest BCUT2D eigenvalue weighted by molar-refractivity contribution is 0.893. The van der Waals surface area contributed by atoms with Gasteiger partial charge < -0.3 is 0 Å². The lowest BCUT2D eigenvalue weighted by Crippen LogP contribution is -2.14. The topological polar surface area (TPSA) is 73.9 Å². The Hall–Kier alpha value is -2.87. The summed E-state index contributed by atoms with van der Waals surface area (Å²) < 4.78 is 1.30. The predicted molar refractivity (Wildman–Crippen MR) is 70.7 cm³/mol. The molecule has 0 bridgehead atoms. The van der Waals surface area contributed by atoms with Gasteiger partial charge in [-0.3, -0.25) is 9.89 Å². The first kappa shape index (κ1) is 11.2. The molecule has 3 rings (SSSR count). The fraction of sp³-hybridized carbons (Fsp3) is 0.0714. The van der Waals surface area contributed by atoms with E-state index in [1.54, 1.807) is 6.92 Å². The van der Waals surface area contributed by atoms with E-state index in [2.05, 4.69) is 16.2 Å². The fourth-order valence-corrected chi connectivity index (χ4v) is 2.07. The van der Waals surface area contributed by atoms with E-state index < -0.39 is 0 Å². The number of hydrogen-bond acceptors (Lipinski definition) is 3. The first-order chi connectivity index (χ1) is 9.20. The van der Waals surface area contributed by atoms with Crippen molar-refractivity contribution in [3.05, 3.63) is 58.0 Å². The van der Waals surface area contributed by atoms with Crippen LogP contribution in [-0.2, 0) is 0 Å². The van der Waals surface area contributed by atoms with Crippen LogP contribution >= 0.6 is 0 Å². The van der Waals surface area contributed by atoms with Crippen molar-refractivity contribution in [3.63, 3.8) is 0 Å². The Balaban J connectivity index is 2.43. The molecule has 19 heavy (non-hydrogen) atoms. The summed E-state index contributed by atoms with van der Waals surface area (Å²) in [4.78, 5) is 16.2. The normalized spacial score (nSPS) is 10.5. The highest BCUT2D eigenvalue weighted by atomic mass is 16.1. The monoisotopic (exact) mass is 250 g/mol. The van der Waals surface area contributed by atoms with E-state index in [1.165, 1.54) is 10.6 Å². The minimum Gasteiger partial charge on any atom is -0.288 e. The number of nitrogens with one attached hydrogen (secondary N) is 1. The largest absolute Gasteiger partial charge is 0.288 e. The molecule has 0 aliphatic rings. The van der Waals surface area contributed by atoms with Crippen molar-refractivity contribution in [3.8, 4) is 17.3 Å². The lowest BCUT2D eigenvalue weighted by atomic mass is 10.1.